The van der Waals surface area contributed by atoms with E-state index in [2.05, 4.69) is 6.58 Å². The molecule has 0 heterocycles. The zero-order chi connectivity index (χ0) is 11.1. The molecule has 1 rings (SSSR count). The van der Waals surface area contributed by atoms with Crippen LogP contribution in [0.25, 0.3) is 0 Å². The molecule has 0 saturated carbocycles. The largest absolute Gasteiger partial charge is 0.493 e. The van der Waals surface area contributed by atoms with Crippen molar-refractivity contribution in [2.45, 2.75) is 19.8 Å². The molecule has 0 bridgehead atoms. The molecule has 2 heteroatoms. The summed E-state index contributed by atoms with van der Waals surface area (Å²) in [5.41, 5.74) is 1.68. The molecule has 0 radical (unpaired) electrons. The van der Waals surface area contributed by atoms with Gasteiger partial charge in [0.25, 0.3) is 0 Å². The lowest BCUT2D eigenvalue weighted by Gasteiger charge is -2.08. The second kappa shape index (κ2) is 6.02. The first-order chi connectivity index (χ1) is 7.27. The zero-order valence-corrected chi connectivity index (χ0v) is 9.03. The lowest BCUT2D eigenvalue weighted by molar-refractivity contribution is 0.111. The molecule has 0 fully saturated rings. The number of carbonyl (C=O) groups excluding carboxylic acids is 1. The van der Waals surface area contributed by atoms with Gasteiger partial charge in [0.1, 0.15) is 5.75 Å². The number of ether oxygens (including phenoxy) is 1. The van der Waals surface area contributed by atoms with Gasteiger partial charge in [-0.25, -0.2) is 0 Å². The van der Waals surface area contributed by atoms with Gasteiger partial charge >= 0.3 is 0 Å². The fourth-order valence-corrected chi connectivity index (χ4v) is 1.30. The monoisotopic (exact) mass is 204 g/mol. The Morgan fingerprint density at radius 3 is 2.93 bits per heavy atom. The molecule has 0 aromatic heterocycles. The second-order valence-corrected chi connectivity index (χ2v) is 3.44. The molecule has 1 aromatic carbocycles. The van der Waals surface area contributed by atoms with Crippen LogP contribution in [0, 0.1) is 6.92 Å². The normalized spacial score (nSPS) is 9.67. The molecule has 0 amide bonds. The Hall–Kier alpha value is -1.57. The number of benzene rings is 1. The van der Waals surface area contributed by atoms with E-state index in [1.807, 2.05) is 31.2 Å². The quantitative estimate of drug-likeness (QED) is 0.404. The molecule has 80 valence electrons. The Balaban J connectivity index is 2.59. The number of aryl methyl sites for hydroxylation is 1. The third-order valence-electron chi connectivity index (χ3n) is 2.10. The topological polar surface area (TPSA) is 26.3 Å². The molecule has 0 unspecified atom stereocenters. The van der Waals surface area contributed by atoms with Crippen molar-refractivity contribution in [3.8, 4) is 5.75 Å². The second-order valence-electron chi connectivity index (χ2n) is 3.44. The molecule has 0 aliphatic heterocycles. The van der Waals surface area contributed by atoms with Crippen LogP contribution in [-0.4, -0.2) is 12.9 Å². The lowest BCUT2D eigenvalue weighted by atomic mass is 10.1. The zero-order valence-electron chi connectivity index (χ0n) is 9.03. The van der Waals surface area contributed by atoms with Crippen molar-refractivity contribution >= 4 is 6.29 Å². The Morgan fingerprint density at radius 1 is 1.47 bits per heavy atom. The highest BCUT2D eigenvalue weighted by molar-refractivity contribution is 5.79. The van der Waals surface area contributed by atoms with Crippen LogP contribution in [0.1, 0.15) is 28.8 Å². The smallest absolute Gasteiger partial charge is 0.153 e. The van der Waals surface area contributed by atoms with E-state index < -0.39 is 0 Å². The minimum absolute atomic E-state index is 0.619. The van der Waals surface area contributed by atoms with Crippen LogP contribution in [0.4, 0.5) is 0 Å². The van der Waals surface area contributed by atoms with E-state index in [1.54, 1.807) is 0 Å². The van der Waals surface area contributed by atoms with Gasteiger partial charge in [0.2, 0.25) is 0 Å². The molecular weight excluding hydrogens is 188 g/mol. The maximum absolute atomic E-state index is 10.8. The molecule has 15 heavy (non-hydrogen) atoms. The highest BCUT2D eigenvalue weighted by Crippen LogP contribution is 2.18. The minimum Gasteiger partial charge on any atom is -0.493 e. The van der Waals surface area contributed by atoms with Gasteiger partial charge in [-0.3, -0.25) is 4.79 Å². The van der Waals surface area contributed by atoms with Gasteiger partial charge in [0.05, 0.1) is 12.2 Å². The maximum atomic E-state index is 10.8. The molecule has 1 aromatic rings. The Bertz CT molecular complexity index is 342. The number of allylic oxidation sites excluding steroid dienone is 1. The summed E-state index contributed by atoms with van der Waals surface area (Å²) in [5.74, 6) is 0.666. The van der Waals surface area contributed by atoms with E-state index in [0.29, 0.717) is 17.9 Å². The van der Waals surface area contributed by atoms with E-state index in [9.17, 15) is 4.79 Å². The third-order valence-corrected chi connectivity index (χ3v) is 2.10. The SMILES string of the molecule is C=CCCCOc1ccc(C)cc1C=O. The van der Waals surface area contributed by atoms with E-state index in [1.165, 1.54) is 0 Å². The molecule has 0 spiro atoms. The van der Waals surface area contributed by atoms with Crippen molar-refractivity contribution < 1.29 is 9.53 Å². The van der Waals surface area contributed by atoms with Crippen molar-refractivity contribution in [2.24, 2.45) is 0 Å². The van der Waals surface area contributed by atoms with Gasteiger partial charge in [0.15, 0.2) is 6.29 Å². The molecule has 0 aliphatic carbocycles. The molecule has 2 nitrogen and oxygen atoms in total. The predicted molar refractivity (Wildman–Crippen MR) is 61.5 cm³/mol. The van der Waals surface area contributed by atoms with E-state index in [4.69, 9.17) is 4.74 Å². The van der Waals surface area contributed by atoms with Crippen molar-refractivity contribution in [1.29, 1.82) is 0 Å². The molecule has 0 aliphatic rings. The summed E-state index contributed by atoms with van der Waals surface area (Å²) in [5, 5.41) is 0. The minimum atomic E-state index is 0.619. The average molecular weight is 204 g/mol. The number of unbranched alkanes of at least 4 members (excludes halogenated alkanes) is 1. The van der Waals surface area contributed by atoms with Crippen LogP contribution in [0.3, 0.4) is 0 Å². The Morgan fingerprint density at radius 2 is 2.27 bits per heavy atom. The van der Waals surface area contributed by atoms with E-state index in [-0.39, 0.29) is 0 Å². The fraction of sp³-hybridized carbons (Fsp3) is 0.308. The third kappa shape index (κ3) is 3.58. The van der Waals surface area contributed by atoms with Crippen LogP contribution in [-0.2, 0) is 0 Å². The van der Waals surface area contributed by atoms with E-state index >= 15 is 0 Å². The van der Waals surface area contributed by atoms with Crippen LogP contribution >= 0.6 is 0 Å². The highest BCUT2D eigenvalue weighted by atomic mass is 16.5. The summed E-state index contributed by atoms with van der Waals surface area (Å²) in [6.07, 6.45) is 4.55. The number of hydrogen-bond donors (Lipinski definition) is 0. The summed E-state index contributed by atoms with van der Waals surface area (Å²) < 4.78 is 5.51. The number of hydrogen-bond acceptors (Lipinski definition) is 2. The van der Waals surface area contributed by atoms with Crippen molar-refractivity contribution in [1.82, 2.24) is 0 Å². The first-order valence-electron chi connectivity index (χ1n) is 5.07. The summed E-state index contributed by atoms with van der Waals surface area (Å²) >= 11 is 0. The van der Waals surface area contributed by atoms with Crippen molar-refractivity contribution in [3.63, 3.8) is 0 Å². The van der Waals surface area contributed by atoms with Crippen LogP contribution in [0.2, 0.25) is 0 Å². The van der Waals surface area contributed by atoms with E-state index in [0.717, 1.165) is 24.7 Å². The number of aldehydes is 1. The summed E-state index contributed by atoms with van der Waals surface area (Å²) in [6.45, 7) is 6.21. The summed E-state index contributed by atoms with van der Waals surface area (Å²) in [6, 6.07) is 5.61. The van der Waals surface area contributed by atoms with Crippen LogP contribution in [0.15, 0.2) is 30.9 Å². The van der Waals surface area contributed by atoms with Gasteiger partial charge in [-0.15, -0.1) is 6.58 Å². The average Bonchev–Trinajstić information content (AvgIpc) is 2.26. The molecule has 0 saturated heterocycles. The number of carbonyl (C=O) groups is 1. The van der Waals surface area contributed by atoms with Crippen molar-refractivity contribution in [2.75, 3.05) is 6.61 Å². The lowest BCUT2D eigenvalue weighted by Crippen LogP contribution is -1.99. The van der Waals surface area contributed by atoms with Crippen LogP contribution < -0.4 is 4.74 Å². The predicted octanol–water partition coefficient (Wildman–Crippen LogP) is 3.15. The number of rotatable bonds is 6. The first kappa shape index (κ1) is 11.5. The van der Waals surface area contributed by atoms with Crippen molar-refractivity contribution in [3.05, 3.63) is 42.0 Å². The standard InChI is InChI=1S/C13H16O2/c1-3-4-5-8-15-13-7-6-11(2)9-12(13)10-14/h3,6-7,9-10H,1,4-5,8H2,2H3. The molecule has 0 N–H and O–H groups in total. The Labute approximate surface area is 90.6 Å². The van der Waals surface area contributed by atoms with Crippen LogP contribution in [0.5, 0.6) is 5.75 Å². The van der Waals surface area contributed by atoms with Gasteiger partial charge < -0.3 is 4.74 Å². The first-order valence-corrected chi connectivity index (χ1v) is 5.07. The maximum Gasteiger partial charge on any atom is 0.153 e. The van der Waals surface area contributed by atoms with Gasteiger partial charge in [-0.1, -0.05) is 17.7 Å². The molecule has 0 atom stereocenters. The van der Waals surface area contributed by atoms with Gasteiger partial charge in [-0.05, 0) is 31.9 Å². The fourth-order valence-electron chi connectivity index (χ4n) is 1.30. The Kier molecular flexibility index (Phi) is 4.61. The summed E-state index contributed by atoms with van der Waals surface area (Å²) in [7, 11) is 0. The van der Waals surface area contributed by atoms with Gasteiger partial charge in [0, 0.05) is 0 Å². The molecular formula is C13H16O2. The summed E-state index contributed by atoms with van der Waals surface area (Å²) in [4.78, 5) is 10.8. The van der Waals surface area contributed by atoms with Gasteiger partial charge in [-0.2, -0.15) is 0 Å². The highest BCUT2D eigenvalue weighted by Gasteiger charge is 2.02.